The molecule has 0 spiro atoms. The Morgan fingerprint density at radius 3 is 2.20 bits per heavy atom. The van der Waals surface area contributed by atoms with Gasteiger partial charge in [-0.25, -0.2) is 19.7 Å². The number of aromatic carboxylic acids is 1. The zero-order valence-corrected chi connectivity index (χ0v) is 30.5. The Kier molecular flexibility index (Phi) is 17.9. The van der Waals surface area contributed by atoms with E-state index in [9.17, 15) is 18.0 Å². The van der Waals surface area contributed by atoms with Crippen molar-refractivity contribution >= 4 is 40.8 Å². The van der Waals surface area contributed by atoms with Gasteiger partial charge in [-0.2, -0.15) is 13.2 Å². The highest BCUT2D eigenvalue weighted by Crippen LogP contribution is 2.25. The Labute approximate surface area is 297 Å². The van der Waals surface area contributed by atoms with Crippen molar-refractivity contribution in [3.8, 4) is 10.8 Å². The minimum Gasteiger partial charge on any atom is -0.478 e. The highest BCUT2D eigenvalue weighted by Gasteiger charge is 2.25. The van der Waals surface area contributed by atoms with Gasteiger partial charge >= 0.3 is 12.1 Å². The number of unbranched alkanes of at least 4 members (excludes halogenated alkanes) is 13. The van der Waals surface area contributed by atoms with Crippen LogP contribution in [0.15, 0.2) is 41.3 Å². The van der Waals surface area contributed by atoms with Crippen molar-refractivity contribution in [1.82, 2.24) is 24.6 Å². The van der Waals surface area contributed by atoms with Crippen LogP contribution >= 0.6 is 24.0 Å². The van der Waals surface area contributed by atoms with Crippen molar-refractivity contribution in [3.63, 3.8) is 0 Å². The maximum atomic E-state index is 12.2. The molecule has 0 aromatic carbocycles. The van der Waals surface area contributed by atoms with Crippen LogP contribution in [0.1, 0.15) is 131 Å². The number of aromatic nitrogens is 5. The van der Waals surface area contributed by atoms with Crippen LogP contribution in [0.4, 0.5) is 13.2 Å². The second-order valence-electron chi connectivity index (χ2n) is 12.4. The smallest absolute Gasteiger partial charge is 0.389 e. The predicted molar refractivity (Wildman–Crippen MR) is 195 cm³/mol. The van der Waals surface area contributed by atoms with Gasteiger partial charge in [-0.05, 0) is 44.2 Å². The average molecular weight is 721 g/mol. The van der Waals surface area contributed by atoms with Gasteiger partial charge in [0.25, 0.3) is 0 Å². The first-order chi connectivity index (χ1) is 23.6. The summed E-state index contributed by atoms with van der Waals surface area (Å²) in [6.45, 7) is 4.86. The number of pyridine rings is 1. The quantitative estimate of drug-likeness (QED) is 0.0581. The summed E-state index contributed by atoms with van der Waals surface area (Å²) in [7, 11) is 0. The molecule has 13 heteroatoms. The van der Waals surface area contributed by atoms with E-state index in [1.54, 1.807) is 12.3 Å². The Morgan fingerprint density at radius 2 is 1.59 bits per heavy atom. The lowest BCUT2D eigenvalue weighted by atomic mass is 10.0. The summed E-state index contributed by atoms with van der Waals surface area (Å²) in [6.07, 6.45) is 20.5. The number of nitrogens with zero attached hydrogens (tertiary/aromatic N) is 5. The van der Waals surface area contributed by atoms with Crippen molar-refractivity contribution in [3.05, 3.63) is 53.1 Å². The van der Waals surface area contributed by atoms with Crippen molar-refractivity contribution in [1.29, 1.82) is 0 Å². The summed E-state index contributed by atoms with van der Waals surface area (Å²) in [4.78, 5) is 27.3. The number of carboxylic acids is 1. The average Bonchev–Trinajstić information content (AvgIpc) is 3.66. The van der Waals surface area contributed by atoms with Gasteiger partial charge in [0, 0.05) is 42.3 Å². The van der Waals surface area contributed by atoms with Gasteiger partial charge in [0.15, 0.2) is 10.8 Å². The van der Waals surface area contributed by atoms with E-state index in [2.05, 4.69) is 61.9 Å². The van der Waals surface area contributed by atoms with Crippen molar-refractivity contribution in [2.24, 2.45) is 0 Å². The van der Waals surface area contributed by atoms with Crippen molar-refractivity contribution in [2.45, 2.75) is 134 Å². The molecule has 0 radical (unpaired) electrons. The van der Waals surface area contributed by atoms with E-state index in [4.69, 9.17) is 5.11 Å². The molecule has 0 aliphatic carbocycles. The Morgan fingerprint density at radius 1 is 0.939 bits per heavy atom. The second kappa shape index (κ2) is 21.8. The number of hydrogen-bond donors (Lipinski definition) is 3. The number of nitrogens with one attached hydrogen (secondary N) is 1. The van der Waals surface area contributed by atoms with Crippen LogP contribution < -0.4 is 5.43 Å². The molecule has 0 amide bonds. The summed E-state index contributed by atoms with van der Waals surface area (Å²) < 4.78 is 38.6. The topological polar surface area (TPSA) is 106 Å². The lowest BCUT2D eigenvalue weighted by Crippen LogP contribution is -2.14. The molecule has 0 saturated heterocycles. The third-order valence-corrected chi connectivity index (χ3v) is 9.54. The molecule has 8 nitrogen and oxygen atoms in total. The van der Waals surface area contributed by atoms with Crippen LogP contribution in [0, 0.1) is 6.92 Å². The molecule has 0 fully saturated rings. The van der Waals surface area contributed by atoms with Gasteiger partial charge < -0.3 is 10.5 Å². The molecule has 4 heterocycles. The summed E-state index contributed by atoms with van der Waals surface area (Å²) in [5.74, 6) is -0.606. The van der Waals surface area contributed by atoms with E-state index < -0.39 is 18.6 Å². The van der Waals surface area contributed by atoms with Crippen LogP contribution in [0.2, 0.25) is 0 Å². The SMILES string of the molecule is CCCCCCCCCCNn1cc(CCCCCCCCCC(F)(F)F)c2ccncc21.Cc1nc(-c2nc(S)cs2)ncc1C(=O)O. The summed E-state index contributed by atoms with van der Waals surface area (Å²) in [5, 5.41) is 13.1. The van der Waals surface area contributed by atoms with E-state index >= 15 is 0 Å². The summed E-state index contributed by atoms with van der Waals surface area (Å²) in [5.41, 5.74) is 6.57. The van der Waals surface area contributed by atoms with E-state index in [1.807, 2.05) is 12.4 Å². The lowest BCUT2D eigenvalue weighted by molar-refractivity contribution is -0.135. The number of fused-ring (bicyclic) bond motifs is 1. The maximum absolute atomic E-state index is 12.2. The fraction of sp³-hybridized carbons (Fsp3) is 0.583. The van der Waals surface area contributed by atoms with Crippen LogP contribution in [0.25, 0.3) is 21.7 Å². The minimum absolute atomic E-state index is 0.103. The van der Waals surface area contributed by atoms with Crippen molar-refractivity contribution in [2.75, 3.05) is 12.0 Å². The number of thiol groups is 1. The van der Waals surface area contributed by atoms with E-state index in [0.717, 1.165) is 50.6 Å². The molecule has 4 aromatic rings. The molecule has 270 valence electrons. The number of thiazole rings is 1. The number of alkyl halides is 3. The maximum Gasteiger partial charge on any atom is 0.389 e. The fourth-order valence-corrected chi connectivity index (χ4v) is 6.56. The van der Waals surface area contributed by atoms with E-state index in [-0.39, 0.29) is 12.0 Å². The molecule has 0 bridgehead atoms. The van der Waals surface area contributed by atoms with Gasteiger partial charge in [0.05, 0.1) is 23.0 Å². The molecule has 0 atom stereocenters. The number of hydrogen-bond acceptors (Lipinski definition) is 8. The first kappa shape index (κ1) is 40.2. The Bertz CT molecular complexity index is 1540. The monoisotopic (exact) mass is 720 g/mol. The van der Waals surface area contributed by atoms with Gasteiger partial charge in [-0.1, -0.05) is 84.0 Å². The molecular weight excluding hydrogens is 670 g/mol. The molecule has 4 rings (SSSR count). The molecule has 0 aliphatic rings. The third kappa shape index (κ3) is 15.1. The Balaban J connectivity index is 0.000000337. The zero-order chi connectivity index (χ0) is 35.5. The molecule has 49 heavy (non-hydrogen) atoms. The number of rotatable bonds is 21. The first-order valence-corrected chi connectivity index (χ1v) is 18.9. The number of carboxylic acid groups (broad SMARTS) is 1. The highest BCUT2D eigenvalue weighted by atomic mass is 32.1. The standard InChI is InChI=1S/C27H44F3N3.C9H7N3O2S2/c1-2-3-4-5-6-10-13-16-20-32-33-23-24(25-18-21-31-22-26(25)33)17-14-11-8-7-9-12-15-19-27(28,29)30;1-4-5(9(13)14)2-10-7(11-4)8-12-6(15)3-16-8/h18,21-23,32H,2-17,19-20H2,1H3;2-3,15H,1H3,(H,13,14). The third-order valence-electron chi connectivity index (χ3n) is 8.30. The number of aryl methyl sites for hydroxylation is 2. The van der Waals surface area contributed by atoms with Crippen LogP contribution in [0.5, 0.6) is 0 Å². The molecule has 2 N–H and O–H groups in total. The lowest BCUT2D eigenvalue weighted by Gasteiger charge is -2.09. The molecule has 0 unspecified atom stereocenters. The summed E-state index contributed by atoms with van der Waals surface area (Å²) in [6, 6.07) is 2.10. The van der Waals surface area contributed by atoms with Gasteiger partial charge in [-0.3, -0.25) is 9.66 Å². The van der Waals surface area contributed by atoms with Gasteiger partial charge in [-0.15, -0.1) is 24.0 Å². The van der Waals surface area contributed by atoms with Crippen LogP contribution in [-0.2, 0) is 6.42 Å². The fourth-order valence-electron chi connectivity index (χ4n) is 5.61. The summed E-state index contributed by atoms with van der Waals surface area (Å²) >= 11 is 5.45. The molecule has 0 aliphatic heterocycles. The van der Waals surface area contributed by atoms with Gasteiger partial charge in [0.1, 0.15) is 5.03 Å². The zero-order valence-electron chi connectivity index (χ0n) is 28.8. The van der Waals surface area contributed by atoms with E-state index in [1.165, 1.54) is 79.8 Å². The van der Waals surface area contributed by atoms with Crippen LogP contribution in [0.3, 0.4) is 0 Å². The van der Waals surface area contributed by atoms with Crippen LogP contribution in [-0.4, -0.2) is 48.4 Å². The second-order valence-corrected chi connectivity index (χ2v) is 13.7. The molecule has 0 saturated carbocycles. The highest BCUT2D eigenvalue weighted by molar-refractivity contribution is 7.80. The predicted octanol–water partition coefficient (Wildman–Crippen LogP) is 10.8. The van der Waals surface area contributed by atoms with E-state index in [0.29, 0.717) is 28.0 Å². The Hall–Kier alpha value is -3.19. The van der Waals surface area contributed by atoms with Crippen molar-refractivity contribution < 1.29 is 23.1 Å². The normalized spacial score (nSPS) is 11.5. The molecule has 4 aromatic heterocycles. The number of carbonyl (C=O) groups is 1. The number of halogens is 3. The largest absolute Gasteiger partial charge is 0.478 e. The minimum atomic E-state index is -4.00. The van der Waals surface area contributed by atoms with Gasteiger partial charge in [0.2, 0.25) is 0 Å². The molecular formula is C36H51F3N6O2S2. The first-order valence-electron chi connectivity index (χ1n) is 17.6.